The Hall–Kier alpha value is -1.43. The first-order chi connectivity index (χ1) is 10.2. The number of fused-ring (bicyclic) bond motifs is 1. The van der Waals surface area contributed by atoms with Gasteiger partial charge in [-0.1, -0.05) is 18.2 Å². The van der Waals surface area contributed by atoms with Crippen LogP contribution in [0.4, 0.5) is 0 Å². The fourth-order valence-corrected chi connectivity index (χ4v) is 3.24. The average Bonchev–Trinajstić information content (AvgIpc) is 2.92. The molecule has 1 aromatic carbocycles. The Morgan fingerprint density at radius 3 is 2.67 bits per heavy atom. The fraction of sp³-hybridized carbons (Fsp3) is 0.438. The van der Waals surface area contributed by atoms with Gasteiger partial charge in [-0.15, -0.1) is 11.3 Å². The van der Waals surface area contributed by atoms with E-state index in [1.165, 1.54) is 10.1 Å². The molecule has 114 valence electrons. The lowest BCUT2D eigenvalue weighted by Gasteiger charge is -2.25. The van der Waals surface area contributed by atoms with Crippen LogP contribution in [0, 0.1) is 0 Å². The van der Waals surface area contributed by atoms with Crippen molar-refractivity contribution >= 4 is 27.3 Å². The van der Waals surface area contributed by atoms with Gasteiger partial charge < -0.3 is 14.4 Å². The van der Waals surface area contributed by atoms with E-state index in [0.717, 1.165) is 5.56 Å². The highest BCUT2D eigenvalue weighted by molar-refractivity contribution is 7.17. The lowest BCUT2D eigenvalue weighted by Crippen LogP contribution is -2.39. The fourth-order valence-electron chi connectivity index (χ4n) is 2.28. The molecule has 2 rings (SSSR count). The smallest absolute Gasteiger partial charge is 0.227 e. The summed E-state index contributed by atoms with van der Waals surface area (Å²) in [4.78, 5) is 14.2. The van der Waals surface area contributed by atoms with Gasteiger partial charge in [-0.05, 0) is 29.3 Å². The van der Waals surface area contributed by atoms with Gasteiger partial charge in [0.1, 0.15) is 0 Å². The Morgan fingerprint density at radius 1 is 1.29 bits per heavy atom. The normalized spacial score (nSPS) is 11.2. The van der Waals surface area contributed by atoms with Crippen LogP contribution in [0.5, 0.6) is 0 Å². The molecule has 0 spiro atoms. The summed E-state index contributed by atoms with van der Waals surface area (Å²) in [7, 11) is 3.16. The molecular formula is C16H21NO3S. The molecule has 5 heteroatoms. The van der Waals surface area contributed by atoms with Crippen molar-refractivity contribution in [3.63, 3.8) is 0 Å². The number of hydrogen-bond donors (Lipinski definition) is 0. The molecule has 4 nitrogen and oxygen atoms in total. The summed E-state index contributed by atoms with van der Waals surface area (Å²) in [5.41, 5.74) is 1.09. The first kappa shape index (κ1) is 15.9. The second-order valence-corrected chi connectivity index (χ2v) is 5.68. The van der Waals surface area contributed by atoms with Crippen molar-refractivity contribution in [3.8, 4) is 0 Å². The summed E-state index contributed by atoms with van der Waals surface area (Å²) in [5, 5.41) is 3.24. The zero-order chi connectivity index (χ0) is 15.2. The summed E-state index contributed by atoms with van der Waals surface area (Å²) < 4.78 is 11.6. The van der Waals surface area contributed by atoms with Crippen LogP contribution in [0.3, 0.4) is 0 Å². The standard InChI is InChI=1S/C16H21NO3S/c1-4-17(10-16(19-2)20-3)15(18)9-12-11-21-14-8-6-5-7-13(12)14/h5-8,11,16H,4,9-10H2,1-3H3. The molecule has 0 N–H and O–H groups in total. The average molecular weight is 307 g/mol. The van der Waals surface area contributed by atoms with Crippen molar-refractivity contribution in [2.45, 2.75) is 19.6 Å². The van der Waals surface area contributed by atoms with E-state index in [9.17, 15) is 4.79 Å². The summed E-state index contributed by atoms with van der Waals surface area (Å²) in [6.07, 6.45) is 0.0333. The molecule has 0 atom stereocenters. The number of thiophene rings is 1. The molecule has 0 unspecified atom stereocenters. The van der Waals surface area contributed by atoms with Gasteiger partial charge in [0.25, 0.3) is 0 Å². The lowest BCUT2D eigenvalue weighted by atomic mass is 10.1. The number of amides is 1. The van der Waals surface area contributed by atoms with Crippen LogP contribution < -0.4 is 0 Å². The summed E-state index contributed by atoms with van der Waals surface area (Å²) in [6, 6.07) is 8.17. The third kappa shape index (κ3) is 3.81. The van der Waals surface area contributed by atoms with Crippen LogP contribution in [-0.4, -0.2) is 44.4 Å². The van der Waals surface area contributed by atoms with Crippen molar-refractivity contribution in [1.29, 1.82) is 0 Å². The van der Waals surface area contributed by atoms with Crippen LogP contribution in [0.1, 0.15) is 12.5 Å². The highest BCUT2D eigenvalue weighted by Crippen LogP contribution is 2.26. The molecular weight excluding hydrogens is 286 g/mol. The van der Waals surface area contributed by atoms with E-state index in [4.69, 9.17) is 9.47 Å². The van der Waals surface area contributed by atoms with Gasteiger partial charge in [0.2, 0.25) is 5.91 Å². The SMILES string of the molecule is CCN(CC(OC)OC)C(=O)Cc1csc2ccccc12. The number of ether oxygens (including phenoxy) is 2. The van der Waals surface area contributed by atoms with Crippen LogP contribution in [-0.2, 0) is 20.7 Å². The largest absolute Gasteiger partial charge is 0.354 e. The van der Waals surface area contributed by atoms with E-state index in [-0.39, 0.29) is 12.2 Å². The molecule has 1 amide bonds. The summed E-state index contributed by atoms with van der Waals surface area (Å²) >= 11 is 1.68. The number of benzene rings is 1. The number of hydrogen-bond acceptors (Lipinski definition) is 4. The summed E-state index contributed by atoms with van der Waals surface area (Å²) in [5.74, 6) is 0.0974. The van der Waals surface area contributed by atoms with E-state index in [1.54, 1.807) is 30.5 Å². The van der Waals surface area contributed by atoms with Crippen molar-refractivity contribution in [1.82, 2.24) is 4.90 Å². The predicted molar refractivity (Wildman–Crippen MR) is 85.6 cm³/mol. The van der Waals surface area contributed by atoms with Crippen molar-refractivity contribution in [2.24, 2.45) is 0 Å². The number of likely N-dealkylation sites (N-methyl/N-ethyl adjacent to an activating group) is 1. The van der Waals surface area contributed by atoms with Gasteiger partial charge in [0, 0.05) is 25.5 Å². The van der Waals surface area contributed by atoms with E-state index in [2.05, 4.69) is 17.5 Å². The molecule has 0 aliphatic rings. The van der Waals surface area contributed by atoms with Gasteiger partial charge in [-0.2, -0.15) is 0 Å². The van der Waals surface area contributed by atoms with Gasteiger partial charge in [0.05, 0.1) is 13.0 Å². The molecule has 0 bridgehead atoms. The zero-order valence-electron chi connectivity index (χ0n) is 12.7. The van der Waals surface area contributed by atoms with Crippen molar-refractivity contribution in [2.75, 3.05) is 27.3 Å². The van der Waals surface area contributed by atoms with E-state index < -0.39 is 0 Å². The zero-order valence-corrected chi connectivity index (χ0v) is 13.5. The molecule has 21 heavy (non-hydrogen) atoms. The Balaban J connectivity index is 2.08. The number of rotatable bonds is 7. The quantitative estimate of drug-likeness (QED) is 0.738. The second kappa shape index (κ2) is 7.54. The highest BCUT2D eigenvalue weighted by Gasteiger charge is 2.18. The number of methoxy groups -OCH3 is 2. The first-order valence-corrected chi connectivity index (χ1v) is 7.86. The van der Waals surface area contributed by atoms with Crippen molar-refractivity contribution < 1.29 is 14.3 Å². The topological polar surface area (TPSA) is 38.8 Å². The van der Waals surface area contributed by atoms with Gasteiger partial charge in [0.15, 0.2) is 6.29 Å². The highest BCUT2D eigenvalue weighted by atomic mass is 32.1. The Morgan fingerprint density at radius 2 is 2.00 bits per heavy atom. The van der Waals surface area contributed by atoms with Crippen molar-refractivity contribution in [3.05, 3.63) is 35.2 Å². The minimum absolute atomic E-state index is 0.0974. The van der Waals surface area contributed by atoms with Crippen LogP contribution >= 0.6 is 11.3 Å². The maximum Gasteiger partial charge on any atom is 0.227 e. The maximum absolute atomic E-state index is 12.5. The molecule has 2 aromatic rings. The first-order valence-electron chi connectivity index (χ1n) is 6.98. The van der Waals surface area contributed by atoms with Crippen LogP contribution in [0.2, 0.25) is 0 Å². The van der Waals surface area contributed by atoms with Crippen LogP contribution in [0.15, 0.2) is 29.6 Å². The third-order valence-electron chi connectivity index (χ3n) is 3.53. The van der Waals surface area contributed by atoms with Gasteiger partial charge >= 0.3 is 0 Å². The number of nitrogens with zero attached hydrogens (tertiary/aromatic N) is 1. The van der Waals surface area contributed by atoms with Gasteiger partial charge in [-0.25, -0.2) is 0 Å². The Labute approximate surface area is 129 Å². The van der Waals surface area contributed by atoms with Gasteiger partial charge in [-0.3, -0.25) is 4.79 Å². The molecule has 1 aromatic heterocycles. The molecule has 0 saturated carbocycles. The molecule has 0 fully saturated rings. The third-order valence-corrected chi connectivity index (χ3v) is 4.54. The number of carbonyl (C=O) groups is 1. The molecule has 0 aliphatic carbocycles. The number of carbonyl (C=O) groups excluding carboxylic acids is 1. The Bertz CT molecular complexity index is 592. The monoisotopic (exact) mass is 307 g/mol. The predicted octanol–water partition coefficient (Wildman–Crippen LogP) is 2.91. The molecule has 1 heterocycles. The minimum Gasteiger partial charge on any atom is -0.354 e. The summed E-state index contributed by atoms with van der Waals surface area (Å²) in [6.45, 7) is 3.06. The maximum atomic E-state index is 12.5. The molecule has 0 saturated heterocycles. The second-order valence-electron chi connectivity index (χ2n) is 4.77. The minimum atomic E-state index is -0.381. The van der Waals surface area contributed by atoms with E-state index in [0.29, 0.717) is 19.5 Å². The molecule has 0 aliphatic heterocycles. The Kier molecular flexibility index (Phi) is 5.73. The lowest BCUT2D eigenvalue weighted by molar-refractivity contribution is -0.144. The molecule has 0 radical (unpaired) electrons. The van der Waals surface area contributed by atoms with E-state index >= 15 is 0 Å². The van der Waals surface area contributed by atoms with E-state index in [1.807, 2.05) is 19.1 Å². The van der Waals surface area contributed by atoms with Crippen LogP contribution in [0.25, 0.3) is 10.1 Å².